The maximum atomic E-state index is 4.45. The summed E-state index contributed by atoms with van der Waals surface area (Å²) in [6.45, 7) is 2.21. The average molecular weight is 256 g/mol. The maximum Gasteiger partial charge on any atom is 0.116 e. The molecule has 2 aromatic rings. The van der Waals surface area contributed by atoms with E-state index in [0.29, 0.717) is 0 Å². The molecule has 1 aliphatic rings. The summed E-state index contributed by atoms with van der Waals surface area (Å²) in [6.07, 6.45) is 10.2. The molecule has 0 saturated carbocycles. The Hall–Kier alpha value is -1.48. The van der Waals surface area contributed by atoms with E-state index in [1.807, 2.05) is 11.3 Å². The number of allylic oxidation sites excluding steroid dienone is 1. The van der Waals surface area contributed by atoms with Crippen LogP contribution in [0.3, 0.4) is 0 Å². The molecular formula is C15H16N2S. The SMILES string of the molecule is CCc1ccc(CCc2ncnc3c2CC=C3)s1. The van der Waals surface area contributed by atoms with Crippen molar-refractivity contribution in [1.82, 2.24) is 9.97 Å². The molecule has 3 heteroatoms. The van der Waals surface area contributed by atoms with Crippen molar-refractivity contribution in [1.29, 1.82) is 0 Å². The molecule has 92 valence electrons. The van der Waals surface area contributed by atoms with Crippen molar-refractivity contribution in [2.24, 2.45) is 0 Å². The summed E-state index contributed by atoms with van der Waals surface area (Å²) in [4.78, 5) is 11.7. The maximum absolute atomic E-state index is 4.45. The minimum absolute atomic E-state index is 0.996. The van der Waals surface area contributed by atoms with Crippen LogP contribution in [0.4, 0.5) is 0 Å². The molecule has 0 aromatic carbocycles. The molecule has 0 aliphatic heterocycles. The van der Waals surface area contributed by atoms with Gasteiger partial charge in [-0.25, -0.2) is 9.97 Å². The number of fused-ring (bicyclic) bond motifs is 1. The lowest BCUT2D eigenvalue weighted by atomic mass is 10.1. The van der Waals surface area contributed by atoms with Crippen LogP contribution in [0.25, 0.3) is 6.08 Å². The average Bonchev–Trinajstić information content (AvgIpc) is 3.05. The van der Waals surface area contributed by atoms with Gasteiger partial charge in [-0.05, 0) is 43.9 Å². The first-order chi connectivity index (χ1) is 8.86. The molecule has 0 fully saturated rings. The Morgan fingerprint density at radius 2 is 2.06 bits per heavy atom. The largest absolute Gasteiger partial charge is 0.241 e. The van der Waals surface area contributed by atoms with E-state index in [0.717, 1.165) is 31.4 Å². The molecule has 0 radical (unpaired) electrons. The molecule has 3 rings (SSSR count). The van der Waals surface area contributed by atoms with Gasteiger partial charge in [0.1, 0.15) is 6.33 Å². The second-order valence-corrected chi connectivity index (χ2v) is 5.77. The highest BCUT2D eigenvalue weighted by molar-refractivity contribution is 7.11. The Balaban J connectivity index is 1.72. The molecule has 2 heterocycles. The van der Waals surface area contributed by atoms with Crippen LogP contribution >= 0.6 is 11.3 Å². The van der Waals surface area contributed by atoms with Crippen LogP contribution in [0, 0.1) is 0 Å². The predicted octanol–water partition coefficient (Wildman–Crippen LogP) is 3.46. The lowest BCUT2D eigenvalue weighted by Gasteiger charge is -2.05. The quantitative estimate of drug-likeness (QED) is 0.837. The van der Waals surface area contributed by atoms with Crippen LogP contribution in [0.2, 0.25) is 0 Å². The molecule has 0 atom stereocenters. The van der Waals surface area contributed by atoms with E-state index < -0.39 is 0 Å². The molecule has 2 aromatic heterocycles. The summed E-state index contributed by atoms with van der Waals surface area (Å²) in [6, 6.07) is 4.50. The van der Waals surface area contributed by atoms with Crippen molar-refractivity contribution >= 4 is 17.4 Å². The molecular weight excluding hydrogens is 240 g/mol. The Bertz CT molecular complexity index is 584. The van der Waals surface area contributed by atoms with E-state index >= 15 is 0 Å². The number of aromatic nitrogens is 2. The summed E-state index contributed by atoms with van der Waals surface area (Å²) in [5, 5.41) is 0. The number of hydrogen-bond acceptors (Lipinski definition) is 3. The van der Waals surface area contributed by atoms with Crippen molar-refractivity contribution < 1.29 is 0 Å². The second kappa shape index (κ2) is 5.02. The first kappa shape index (κ1) is 11.6. The zero-order valence-corrected chi connectivity index (χ0v) is 11.3. The van der Waals surface area contributed by atoms with Gasteiger partial charge in [0.2, 0.25) is 0 Å². The van der Waals surface area contributed by atoms with Crippen LogP contribution in [0.5, 0.6) is 0 Å². The zero-order chi connectivity index (χ0) is 12.4. The van der Waals surface area contributed by atoms with E-state index in [-0.39, 0.29) is 0 Å². The van der Waals surface area contributed by atoms with Gasteiger partial charge in [0, 0.05) is 21.0 Å². The van der Waals surface area contributed by atoms with Crippen molar-refractivity contribution in [3.8, 4) is 0 Å². The molecule has 0 unspecified atom stereocenters. The fraction of sp³-hybridized carbons (Fsp3) is 0.333. The number of rotatable bonds is 4. The van der Waals surface area contributed by atoms with E-state index in [9.17, 15) is 0 Å². The number of nitrogens with zero attached hydrogens (tertiary/aromatic N) is 2. The van der Waals surface area contributed by atoms with Crippen molar-refractivity contribution in [2.75, 3.05) is 0 Å². The third-order valence-corrected chi connectivity index (χ3v) is 4.63. The van der Waals surface area contributed by atoms with Crippen LogP contribution < -0.4 is 0 Å². The highest BCUT2D eigenvalue weighted by Crippen LogP contribution is 2.22. The summed E-state index contributed by atoms with van der Waals surface area (Å²) in [7, 11) is 0. The van der Waals surface area contributed by atoms with Gasteiger partial charge in [-0.2, -0.15) is 0 Å². The third-order valence-electron chi connectivity index (χ3n) is 3.34. The Kier molecular flexibility index (Phi) is 3.24. The molecule has 2 nitrogen and oxygen atoms in total. The molecule has 1 aliphatic carbocycles. The Morgan fingerprint density at radius 3 is 2.89 bits per heavy atom. The fourth-order valence-corrected chi connectivity index (χ4v) is 3.28. The van der Waals surface area contributed by atoms with Crippen LogP contribution in [-0.2, 0) is 25.7 Å². The van der Waals surface area contributed by atoms with E-state index in [4.69, 9.17) is 0 Å². The smallest absolute Gasteiger partial charge is 0.116 e. The van der Waals surface area contributed by atoms with Crippen molar-refractivity contribution in [3.05, 3.63) is 51.2 Å². The Morgan fingerprint density at radius 1 is 1.17 bits per heavy atom. The van der Waals surface area contributed by atoms with Crippen molar-refractivity contribution in [3.63, 3.8) is 0 Å². The summed E-state index contributed by atoms with van der Waals surface area (Å²) >= 11 is 1.93. The van der Waals surface area contributed by atoms with Gasteiger partial charge < -0.3 is 0 Å². The standard InChI is InChI=1S/C15H16N2S/c1-2-11-6-7-12(18-11)8-9-15-13-4-3-5-14(13)16-10-17-15/h3,5-7,10H,2,4,8-9H2,1H3. The zero-order valence-electron chi connectivity index (χ0n) is 10.5. The van der Waals surface area contributed by atoms with Gasteiger partial charge in [-0.1, -0.05) is 13.0 Å². The van der Waals surface area contributed by atoms with Gasteiger partial charge in [0.25, 0.3) is 0 Å². The van der Waals surface area contributed by atoms with E-state index in [1.165, 1.54) is 21.0 Å². The minimum atomic E-state index is 0.996. The lowest BCUT2D eigenvalue weighted by Crippen LogP contribution is -2.01. The number of aryl methyl sites for hydroxylation is 3. The second-order valence-electron chi connectivity index (χ2n) is 4.51. The Labute approximate surface area is 111 Å². The van der Waals surface area contributed by atoms with Gasteiger partial charge in [0.05, 0.1) is 5.69 Å². The summed E-state index contributed by atoms with van der Waals surface area (Å²) in [5.74, 6) is 0. The monoisotopic (exact) mass is 256 g/mol. The van der Waals surface area contributed by atoms with Crippen LogP contribution in [0.1, 0.15) is 33.6 Å². The third kappa shape index (κ3) is 2.23. The molecule has 0 saturated heterocycles. The van der Waals surface area contributed by atoms with Gasteiger partial charge in [-0.3, -0.25) is 0 Å². The topological polar surface area (TPSA) is 25.8 Å². The number of thiophene rings is 1. The van der Waals surface area contributed by atoms with E-state index in [2.05, 4.69) is 41.2 Å². The van der Waals surface area contributed by atoms with Gasteiger partial charge >= 0.3 is 0 Å². The van der Waals surface area contributed by atoms with Crippen molar-refractivity contribution in [2.45, 2.75) is 32.6 Å². The lowest BCUT2D eigenvalue weighted by molar-refractivity contribution is 0.886. The molecule has 0 amide bonds. The van der Waals surface area contributed by atoms with Gasteiger partial charge in [0.15, 0.2) is 0 Å². The summed E-state index contributed by atoms with van der Waals surface area (Å²) < 4.78 is 0. The predicted molar refractivity (Wildman–Crippen MR) is 75.9 cm³/mol. The molecule has 0 N–H and O–H groups in total. The van der Waals surface area contributed by atoms with E-state index in [1.54, 1.807) is 6.33 Å². The highest BCUT2D eigenvalue weighted by Gasteiger charge is 2.12. The first-order valence-corrected chi connectivity index (χ1v) is 7.25. The minimum Gasteiger partial charge on any atom is -0.241 e. The first-order valence-electron chi connectivity index (χ1n) is 6.43. The highest BCUT2D eigenvalue weighted by atomic mass is 32.1. The number of hydrogen-bond donors (Lipinski definition) is 0. The summed E-state index contributed by atoms with van der Waals surface area (Å²) in [5.41, 5.74) is 3.65. The van der Waals surface area contributed by atoms with Gasteiger partial charge in [-0.15, -0.1) is 11.3 Å². The normalized spacial score (nSPS) is 12.9. The fourth-order valence-electron chi connectivity index (χ4n) is 2.32. The molecule has 0 spiro atoms. The van der Waals surface area contributed by atoms with Crippen LogP contribution in [0.15, 0.2) is 24.5 Å². The molecule has 0 bridgehead atoms. The van der Waals surface area contributed by atoms with Crippen LogP contribution in [-0.4, -0.2) is 9.97 Å². The molecule has 18 heavy (non-hydrogen) atoms.